The van der Waals surface area contributed by atoms with Crippen molar-refractivity contribution in [3.8, 4) is 28.4 Å². The van der Waals surface area contributed by atoms with E-state index in [1.165, 1.54) is 31.5 Å². The fraction of sp³-hybridized carbons (Fsp3) is 0.188. The summed E-state index contributed by atoms with van der Waals surface area (Å²) in [6.45, 7) is 0.328. The lowest BCUT2D eigenvalue weighted by molar-refractivity contribution is 0.0877. The number of benzene rings is 4. The average molecular weight is 590 g/mol. The lowest BCUT2D eigenvalue weighted by Gasteiger charge is -2.23. The Hall–Kier alpha value is -4.41. The van der Waals surface area contributed by atoms with E-state index >= 15 is 0 Å². The molecule has 4 aromatic rings. The molecule has 42 heavy (non-hydrogen) atoms. The largest absolute Gasteiger partial charge is 0.506 e. The second kappa shape index (κ2) is 15.0. The quantitative estimate of drug-likeness (QED) is 0.0878. The second-order valence-electron chi connectivity index (χ2n) is 9.28. The summed E-state index contributed by atoms with van der Waals surface area (Å²) >= 11 is 5.90. The Kier molecular flexibility index (Phi) is 10.9. The number of ether oxygens (including phenoxy) is 2. The van der Waals surface area contributed by atoms with Crippen molar-refractivity contribution >= 4 is 23.7 Å². The molecular weight excluding hydrogens is 558 g/mol. The first-order chi connectivity index (χ1) is 20.4. The number of methoxy groups -OCH3 is 1. The second-order valence-corrected chi connectivity index (χ2v) is 9.69. The van der Waals surface area contributed by atoms with Gasteiger partial charge in [-0.3, -0.25) is 4.79 Å². The van der Waals surface area contributed by atoms with Gasteiger partial charge < -0.3 is 30.1 Å². The van der Waals surface area contributed by atoms with Gasteiger partial charge in [0.25, 0.3) is 5.91 Å². The number of aliphatic hydroxyl groups is 2. The SMILES string of the molecule is COc1cc(/C=N/NC(=O)c2ccc(O)c(Cl)c2)cc(-c2ccccc2)c1OCCNC(CO)C(O)c1ccccc1. The molecule has 0 saturated heterocycles. The molecule has 9 nitrogen and oxygen atoms in total. The smallest absolute Gasteiger partial charge is 0.271 e. The number of hydrazone groups is 1. The number of phenolic OH excluding ortho intramolecular Hbond substituents is 1. The van der Waals surface area contributed by atoms with Crippen molar-refractivity contribution < 1.29 is 29.6 Å². The standard InChI is InChI=1S/C32H32ClN3O6/c1-41-29-17-21(19-35-36-32(40)24-12-13-28(38)26(33)18-24)16-25(22-8-4-2-5-9-22)31(29)42-15-14-34-27(20-37)30(39)23-10-6-3-7-11-23/h2-13,16-19,27,30,34,37-39H,14-15,20H2,1H3,(H,36,40)/b35-19+. The molecule has 0 aromatic heterocycles. The summed E-state index contributed by atoms with van der Waals surface area (Å²) in [5.74, 6) is 0.356. The van der Waals surface area contributed by atoms with Crippen LogP contribution >= 0.6 is 11.6 Å². The highest BCUT2D eigenvalue weighted by Crippen LogP contribution is 2.39. The Labute approximate surface area is 249 Å². The molecule has 0 fully saturated rings. The van der Waals surface area contributed by atoms with Crippen LogP contribution in [0.4, 0.5) is 0 Å². The fourth-order valence-electron chi connectivity index (χ4n) is 4.26. The van der Waals surface area contributed by atoms with Gasteiger partial charge in [0.05, 0.1) is 37.1 Å². The summed E-state index contributed by atoms with van der Waals surface area (Å²) in [4.78, 5) is 12.5. The van der Waals surface area contributed by atoms with Gasteiger partial charge >= 0.3 is 0 Å². The maximum Gasteiger partial charge on any atom is 0.271 e. The molecule has 4 aromatic carbocycles. The lowest BCUT2D eigenvalue weighted by Crippen LogP contribution is -2.40. The topological polar surface area (TPSA) is 133 Å². The zero-order valence-electron chi connectivity index (χ0n) is 22.9. The van der Waals surface area contributed by atoms with Gasteiger partial charge in [-0.2, -0.15) is 5.10 Å². The minimum atomic E-state index is -0.879. The minimum Gasteiger partial charge on any atom is -0.506 e. The van der Waals surface area contributed by atoms with E-state index in [2.05, 4.69) is 15.8 Å². The van der Waals surface area contributed by atoms with Crippen molar-refractivity contribution in [3.05, 3.63) is 113 Å². The Morgan fingerprint density at radius 2 is 1.74 bits per heavy atom. The van der Waals surface area contributed by atoms with Gasteiger partial charge in [-0.25, -0.2) is 5.43 Å². The number of nitrogens with one attached hydrogen (secondary N) is 2. The summed E-state index contributed by atoms with van der Waals surface area (Å²) in [6, 6.07) is 25.9. The molecule has 2 atom stereocenters. The summed E-state index contributed by atoms with van der Waals surface area (Å²) in [7, 11) is 1.53. The van der Waals surface area contributed by atoms with E-state index in [0.29, 0.717) is 29.2 Å². The van der Waals surface area contributed by atoms with Crippen LogP contribution in [-0.4, -0.2) is 60.4 Å². The molecule has 0 aliphatic carbocycles. The van der Waals surface area contributed by atoms with Crippen molar-refractivity contribution in [2.45, 2.75) is 12.1 Å². The average Bonchev–Trinajstić information content (AvgIpc) is 3.03. The van der Waals surface area contributed by atoms with E-state index in [1.807, 2.05) is 66.7 Å². The number of amides is 1. The lowest BCUT2D eigenvalue weighted by atomic mass is 10.0. The number of rotatable bonds is 13. The van der Waals surface area contributed by atoms with Crippen molar-refractivity contribution in [2.24, 2.45) is 5.10 Å². The first kappa shape index (κ1) is 30.5. The van der Waals surface area contributed by atoms with Gasteiger partial charge in [-0.05, 0) is 47.0 Å². The number of phenols is 1. The number of hydrogen-bond donors (Lipinski definition) is 5. The number of halogens is 1. The van der Waals surface area contributed by atoms with E-state index in [4.69, 9.17) is 21.1 Å². The van der Waals surface area contributed by atoms with E-state index in [9.17, 15) is 20.1 Å². The third-order valence-corrected chi connectivity index (χ3v) is 6.75. The molecule has 1 amide bonds. The predicted octanol–water partition coefficient (Wildman–Crippen LogP) is 4.55. The molecule has 0 spiro atoms. The molecule has 0 radical (unpaired) electrons. The number of carbonyl (C=O) groups is 1. The summed E-state index contributed by atoms with van der Waals surface area (Å²) in [5.41, 5.74) is 5.68. The van der Waals surface area contributed by atoms with E-state index in [0.717, 1.165) is 11.1 Å². The van der Waals surface area contributed by atoms with Crippen LogP contribution in [0.2, 0.25) is 5.02 Å². The number of aromatic hydroxyl groups is 1. The van der Waals surface area contributed by atoms with Crippen LogP contribution < -0.4 is 20.2 Å². The molecule has 218 valence electrons. The Morgan fingerprint density at radius 3 is 2.40 bits per heavy atom. The molecule has 0 saturated carbocycles. The highest BCUT2D eigenvalue weighted by Gasteiger charge is 2.20. The molecule has 0 aliphatic rings. The molecular formula is C32H32ClN3O6. The number of nitrogens with zero attached hydrogens (tertiary/aromatic N) is 1. The van der Waals surface area contributed by atoms with Crippen LogP contribution in [0.15, 0.2) is 96.1 Å². The number of hydrogen-bond acceptors (Lipinski definition) is 8. The molecule has 4 rings (SSSR count). The van der Waals surface area contributed by atoms with Crippen molar-refractivity contribution in [1.29, 1.82) is 0 Å². The van der Waals surface area contributed by atoms with Crippen molar-refractivity contribution in [1.82, 2.24) is 10.7 Å². The Morgan fingerprint density at radius 1 is 1.02 bits per heavy atom. The highest BCUT2D eigenvalue weighted by atomic mass is 35.5. The van der Waals surface area contributed by atoms with E-state index in [-0.39, 0.29) is 29.5 Å². The van der Waals surface area contributed by atoms with E-state index in [1.54, 1.807) is 6.07 Å². The normalized spacial score (nSPS) is 12.6. The van der Waals surface area contributed by atoms with Gasteiger partial charge in [0.1, 0.15) is 12.4 Å². The van der Waals surface area contributed by atoms with Crippen LogP contribution in [0.5, 0.6) is 17.2 Å². The predicted molar refractivity (Wildman–Crippen MR) is 162 cm³/mol. The fourth-order valence-corrected chi connectivity index (χ4v) is 4.45. The van der Waals surface area contributed by atoms with Crippen LogP contribution in [0.25, 0.3) is 11.1 Å². The first-order valence-corrected chi connectivity index (χ1v) is 13.6. The monoisotopic (exact) mass is 589 g/mol. The van der Waals surface area contributed by atoms with Crippen LogP contribution in [0.1, 0.15) is 27.6 Å². The first-order valence-electron chi connectivity index (χ1n) is 13.2. The minimum absolute atomic E-state index is 0.0638. The third-order valence-electron chi connectivity index (χ3n) is 6.45. The zero-order valence-corrected chi connectivity index (χ0v) is 23.7. The van der Waals surface area contributed by atoms with Gasteiger partial charge in [0.15, 0.2) is 11.5 Å². The highest BCUT2D eigenvalue weighted by molar-refractivity contribution is 6.32. The number of aliphatic hydroxyl groups excluding tert-OH is 2. The Balaban J connectivity index is 1.49. The molecule has 0 heterocycles. The summed E-state index contributed by atoms with van der Waals surface area (Å²) < 4.78 is 11.8. The van der Waals surface area contributed by atoms with Crippen molar-refractivity contribution in [3.63, 3.8) is 0 Å². The van der Waals surface area contributed by atoms with Gasteiger partial charge in [-0.15, -0.1) is 0 Å². The molecule has 0 bridgehead atoms. The van der Waals surface area contributed by atoms with Crippen LogP contribution in [-0.2, 0) is 0 Å². The Bertz CT molecular complexity index is 1500. The van der Waals surface area contributed by atoms with Crippen LogP contribution in [0, 0.1) is 0 Å². The van der Waals surface area contributed by atoms with Crippen LogP contribution in [0.3, 0.4) is 0 Å². The molecule has 0 aliphatic heterocycles. The summed E-state index contributed by atoms with van der Waals surface area (Å²) in [6.07, 6.45) is 0.604. The zero-order chi connectivity index (χ0) is 29.9. The third kappa shape index (κ3) is 7.86. The van der Waals surface area contributed by atoms with Crippen molar-refractivity contribution in [2.75, 3.05) is 26.9 Å². The maximum atomic E-state index is 12.5. The molecule has 2 unspecified atom stereocenters. The van der Waals surface area contributed by atoms with E-state index < -0.39 is 18.1 Å². The number of carbonyl (C=O) groups excluding carboxylic acids is 1. The molecule has 5 N–H and O–H groups in total. The van der Waals surface area contributed by atoms with Gasteiger partial charge in [0.2, 0.25) is 0 Å². The van der Waals surface area contributed by atoms with Gasteiger partial charge in [0, 0.05) is 17.7 Å². The molecule has 10 heteroatoms. The maximum absolute atomic E-state index is 12.5. The summed E-state index contributed by atoms with van der Waals surface area (Å²) in [5, 5.41) is 37.4. The van der Waals surface area contributed by atoms with Gasteiger partial charge in [-0.1, -0.05) is 72.3 Å².